The summed E-state index contributed by atoms with van der Waals surface area (Å²) in [6.07, 6.45) is 3.78. The number of imide groups is 2. The molecule has 5 unspecified atom stereocenters. The minimum absolute atomic E-state index is 0.0827. The van der Waals surface area contributed by atoms with Crippen LogP contribution in [0, 0.1) is 29.6 Å². The average Bonchev–Trinajstić information content (AvgIpc) is 2.76. The van der Waals surface area contributed by atoms with Gasteiger partial charge in [-0.05, 0) is 49.9 Å². The molecule has 4 fully saturated rings. The zero-order valence-electron chi connectivity index (χ0n) is 10.3. The summed E-state index contributed by atoms with van der Waals surface area (Å²) >= 11 is 0. The molecule has 0 aromatic rings. The number of hydrogen-bond acceptors (Lipinski definition) is 3. The van der Waals surface area contributed by atoms with Gasteiger partial charge in [0.15, 0.2) is 0 Å². The lowest BCUT2D eigenvalue weighted by molar-refractivity contribution is -0.142. The van der Waals surface area contributed by atoms with E-state index in [0.29, 0.717) is 23.7 Å². The van der Waals surface area contributed by atoms with E-state index in [1.54, 1.807) is 6.92 Å². The molecule has 96 valence electrons. The molecule has 1 N–H and O–H groups in total. The number of barbiturate groups is 1. The van der Waals surface area contributed by atoms with Crippen LogP contribution in [0.4, 0.5) is 4.79 Å². The molecule has 0 aromatic carbocycles. The van der Waals surface area contributed by atoms with Gasteiger partial charge in [0, 0.05) is 6.04 Å². The second-order valence-corrected chi connectivity index (χ2v) is 6.20. The van der Waals surface area contributed by atoms with Gasteiger partial charge < -0.3 is 0 Å². The maximum atomic E-state index is 12.1. The third-order valence-corrected chi connectivity index (χ3v) is 5.44. The van der Waals surface area contributed by atoms with E-state index in [0.717, 1.165) is 0 Å². The van der Waals surface area contributed by atoms with Crippen molar-refractivity contribution in [2.75, 3.05) is 0 Å². The van der Waals surface area contributed by atoms with E-state index in [-0.39, 0.29) is 11.9 Å². The Bertz CT molecular complexity index is 459. The van der Waals surface area contributed by atoms with E-state index in [4.69, 9.17) is 0 Å². The third kappa shape index (κ3) is 1.10. The van der Waals surface area contributed by atoms with E-state index < -0.39 is 17.9 Å². The normalized spacial score (nSPS) is 49.4. The number of fused-ring (bicyclic) bond motifs is 5. The fourth-order valence-corrected chi connectivity index (χ4v) is 4.60. The van der Waals surface area contributed by atoms with Crippen molar-refractivity contribution in [1.82, 2.24) is 10.2 Å². The van der Waals surface area contributed by atoms with Crippen LogP contribution in [-0.4, -0.2) is 28.8 Å². The van der Waals surface area contributed by atoms with Gasteiger partial charge in [0.05, 0.1) is 0 Å². The molecule has 1 saturated heterocycles. The average molecular weight is 248 g/mol. The fraction of sp³-hybridized carbons (Fsp3) is 0.769. The lowest BCUT2D eigenvalue weighted by Gasteiger charge is -2.30. The van der Waals surface area contributed by atoms with Crippen molar-refractivity contribution in [3.63, 3.8) is 0 Å². The predicted molar refractivity (Wildman–Crippen MR) is 61.1 cm³/mol. The highest BCUT2D eigenvalue weighted by Gasteiger charge is 2.69. The zero-order valence-corrected chi connectivity index (χ0v) is 10.3. The molecule has 3 saturated carbocycles. The van der Waals surface area contributed by atoms with Crippen molar-refractivity contribution in [1.29, 1.82) is 0 Å². The van der Waals surface area contributed by atoms with Gasteiger partial charge >= 0.3 is 6.03 Å². The zero-order chi connectivity index (χ0) is 12.6. The Balaban J connectivity index is 1.61. The SMILES string of the molecule is CC1C(=O)NC(=O)N(C2C3C4CCC(C4)C32)C1=O. The van der Waals surface area contributed by atoms with Gasteiger partial charge in [0.2, 0.25) is 11.8 Å². The van der Waals surface area contributed by atoms with Crippen molar-refractivity contribution in [2.45, 2.75) is 32.2 Å². The molecule has 3 aliphatic carbocycles. The van der Waals surface area contributed by atoms with Crippen LogP contribution in [0.1, 0.15) is 26.2 Å². The van der Waals surface area contributed by atoms with E-state index in [1.807, 2.05) is 0 Å². The van der Waals surface area contributed by atoms with Gasteiger partial charge in [-0.1, -0.05) is 0 Å². The predicted octanol–water partition coefficient (Wildman–Crippen LogP) is 0.745. The number of amides is 4. The van der Waals surface area contributed by atoms with Crippen LogP contribution in [0.3, 0.4) is 0 Å². The second-order valence-electron chi connectivity index (χ2n) is 6.20. The monoisotopic (exact) mass is 248 g/mol. The summed E-state index contributed by atoms with van der Waals surface area (Å²) in [7, 11) is 0. The molecule has 0 radical (unpaired) electrons. The molecular formula is C13H16N2O3. The van der Waals surface area contributed by atoms with Crippen molar-refractivity contribution < 1.29 is 14.4 Å². The van der Waals surface area contributed by atoms with Crippen molar-refractivity contribution >= 4 is 17.8 Å². The molecule has 1 aliphatic heterocycles. The molecule has 1 heterocycles. The Morgan fingerprint density at radius 1 is 1.11 bits per heavy atom. The summed E-state index contributed by atoms with van der Waals surface area (Å²) in [5.74, 6) is 0.981. The molecule has 4 rings (SSSR count). The van der Waals surface area contributed by atoms with E-state index >= 15 is 0 Å². The minimum atomic E-state index is -0.721. The van der Waals surface area contributed by atoms with Crippen LogP contribution < -0.4 is 5.32 Å². The lowest BCUT2D eigenvalue weighted by Crippen LogP contribution is -2.58. The van der Waals surface area contributed by atoms with Gasteiger partial charge in [0.1, 0.15) is 5.92 Å². The Morgan fingerprint density at radius 2 is 1.72 bits per heavy atom. The summed E-state index contributed by atoms with van der Waals surface area (Å²) in [5, 5.41) is 2.30. The Morgan fingerprint density at radius 3 is 2.33 bits per heavy atom. The highest BCUT2D eigenvalue weighted by molar-refractivity contribution is 6.16. The summed E-state index contributed by atoms with van der Waals surface area (Å²) in [6.45, 7) is 1.57. The van der Waals surface area contributed by atoms with Gasteiger partial charge in [0.25, 0.3) is 0 Å². The maximum Gasteiger partial charge on any atom is 0.331 e. The number of rotatable bonds is 1. The van der Waals surface area contributed by atoms with Gasteiger partial charge in [-0.2, -0.15) is 0 Å². The molecule has 5 atom stereocenters. The van der Waals surface area contributed by atoms with Crippen LogP contribution in [0.25, 0.3) is 0 Å². The molecule has 0 aromatic heterocycles. The molecule has 5 heteroatoms. The fourth-order valence-electron chi connectivity index (χ4n) is 4.60. The summed E-state index contributed by atoms with van der Waals surface area (Å²) in [4.78, 5) is 36.8. The Kier molecular flexibility index (Phi) is 1.83. The van der Waals surface area contributed by atoms with E-state index in [9.17, 15) is 14.4 Å². The van der Waals surface area contributed by atoms with Crippen molar-refractivity contribution in [3.8, 4) is 0 Å². The van der Waals surface area contributed by atoms with Crippen LogP contribution in [0.15, 0.2) is 0 Å². The quantitative estimate of drug-likeness (QED) is 0.696. The molecular weight excluding hydrogens is 232 g/mol. The van der Waals surface area contributed by atoms with Gasteiger partial charge in [-0.3, -0.25) is 19.8 Å². The highest BCUT2D eigenvalue weighted by Crippen LogP contribution is 2.67. The Hall–Kier alpha value is -1.39. The largest absolute Gasteiger partial charge is 0.331 e. The first kappa shape index (κ1) is 10.5. The summed E-state index contributed by atoms with van der Waals surface area (Å²) in [5.41, 5.74) is 0. The molecule has 2 bridgehead atoms. The number of carbonyl (C=O) groups excluding carboxylic acids is 3. The van der Waals surface area contributed by atoms with Crippen LogP contribution in [0.5, 0.6) is 0 Å². The molecule has 4 amide bonds. The van der Waals surface area contributed by atoms with E-state index in [2.05, 4.69) is 5.32 Å². The summed E-state index contributed by atoms with van der Waals surface area (Å²) < 4.78 is 0. The molecule has 5 nitrogen and oxygen atoms in total. The number of hydrogen-bond donors (Lipinski definition) is 1. The molecule has 4 aliphatic rings. The van der Waals surface area contributed by atoms with Gasteiger partial charge in [-0.15, -0.1) is 0 Å². The van der Waals surface area contributed by atoms with E-state index in [1.165, 1.54) is 24.2 Å². The van der Waals surface area contributed by atoms with Crippen LogP contribution >= 0.6 is 0 Å². The van der Waals surface area contributed by atoms with Crippen LogP contribution in [-0.2, 0) is 9.59 Å². The third-order valence-electron chi connectivity index (χ3n) is 5.44. The smallest absolute Gasteiger partial charge is 0.277 e. The van der Waals surface area contributed by atoms with Crippen molar-refractivity contribution in [2.24, 2.45) is 29.6 Å². The number of nitrogens with zero attached hydrogens (tertiary/aromatic N) is 1. The maximum absolute atomic E-state index is 12.1. The minimum Gasteiger partial charge on any atom is -0.277 e. The number of urea groups is 1. The molecule has 0 spiro atoms. The lowest BCUT2D eigenvalue weighted by atomic mass is 10.0. The Labute approximate surface area is 105 Å². The first-order valence-electron chi connectivity index (χ1n) is 6.77. The first-order chi connectivity index (χ1) is 8.59. The number of carbonyl (C=O) groups is 3. The summed E-state index contributed by atoms with van der Waals surface area (Å²) in [6, 6.07) is -0.416. The highest BCUT2D eigenvalue weighted by atomic mass is 16.2. The van der Waals surface area contributed by atoms with Gasteiger partial charge in [-0.25, -0.2) is 4.79 Å². The standard InChI is InChI=1S/C13H16N2O3/c1-5-11(16)14-13(18)15(12(5)17)10-8-6-2-3-7(4-6)9(8)10/h5-10H,2-4H2,1H3,(H,14,16,18). The molecule has 18 heavy (non-hydrogen) atoms. The second kappa shape index (κ2) is 3.13. The number of nitrogens with one attached hydrogen (secondary N) is 1. The van der Waals surface area contributed by atoms with Crippen molar-refractivity contribution in [3.05, 3.63) is 0 Å². The first-order valence-corrected chi connectivity index (χ1v) is 6.77. The van der Waals surface area contributed by atoms with Crippen LogP contribution in [0.2, 0.25) is 0 Å². The topological polar surface area (TPSA) is 66.5 Å².